The molecule has 0 aliphatic carbocycles. The van der Waals surface area contributed by atoms with Gasteiger partial charge in [0.15, 0.2) is 0 Å². The number of amides is 1. The van der Waals surface area contributed by atoms with E-state index in [0.717, 1.165) is 51.4 Å². The van der Waals surface area contributed by atoms with Gasteiger partial charge in [0.2, 0.25) is 5.91 Å². The van der Waals surface area contributed by atoms with Crippen molar-refractivity contribution in [1.29, 1.82) is 0 Å². The standard InChI is InChI=1S/C12H23N3OS/c16-12(11-3-1-2-10-17-11)14-6-9-15-7-4-13-5-8-15/h11,13H,1-10H2,(H,14,16). The molecule has 0 aromatic carbocycles. The number of hydrogen-bond acceptors (Lipinski definition) is 4. The topological polar surface area (TPSA) is 44.4 Å². The van der Waals surface area contributed by atoms with Gasteiger partial charge in [-0.3, -0.25) is 9.69 Å². The van der Waals surface area contributed by atoms with Crippen LogP contribution in [-0.2, 0) is 4.79 Å². The average Bonchev–Trinajstić information content (AvgIpc) is 2.41. The zero-order valence-electron chi connectivity index (χ0n) is 10.4. The summed E-state index contributed by atoms with van der Waals surface area (Å²) >= 11 is 1.82. The van der Waals surface area contributed by atoms with Gasteiger partial charge in [0.1, 0.15) is 0 Å². The van der Waals surface area contributed by atoms with Gasteiger partial charge >= 0.3 is 0 Å². The highest BCUT2D eigenvalue weighted by molar-refractivity contribution is 8.00. The quantitative estimate of drug-likeness (QED) is 0.760. The molecule has 2 rings (SSSR count). The first-order chi connectivity index (χ1) is 8.36. The summed E-state index contributed by atoms with van der Waals surface area (Å²) in [6.45, 7) is 6.15. The van der Waals surface area contributed by atoms with Crippen molar-refractivity contribution in [2.24, 2.45) is 0 Å². The van der Waals surface area contributed by atoms with Crippen LogP contribution in [0.1, 0.15) is 19.3 Å². The highest BCUT2D eigenvalue weighted by Gasteiger charge is 2.21. The van der Waals surface area contributed by atoms with Crippen molar-refractivity contribution in [2.75, 3.05) is 45.0 Å². The smallest absolute Gasteiger partial charge is 0.233 e. The third-order valence-corrected chi connectivity index (χ3v) is 4.79. The molecular weight excluding hydrogens is 234 g/mol. The summed E-state index contributed by atoms with van der Waals surface area (Å²) < 4.78 is 0. The fraction of sp³-hybridized carbons (Fsp3) is 0.917. The normalized spacial score (nSPS) is 26.7. The van der Waals surface area contributed by atoms with Crippen LogP contribution in [0.3, 0.4) is 0 Å². The fourth-order valence-electron chi connectivity index (χ4n) is 2.33. The summed E-state index contributed by atoms with van der Waals surface area (Å²) in [4.78, 5) is 14.3. The van der Waals surface area contributed by atoms with E-state index in [2.05, 4.69) is 15.5 Å². The molecule has 0 bridgehead atoms. The largest absolute Gasteiger partial charge is 0.354 e. The molecule has 98 valence electrons. The van der Waals surface area contributed by atoms with Gasteiger partial charge in [-0.2, -0.15) is 0 Å². The van der Waals surface area contributed by atoms with Gasteiger partial charge < -0.3 is 10.6 Å². The van der Waals surface area contributed by atoms with Crippen LogP contribution in [0.4, 0.5) is 0 Å². The minimum absolute atomic E-state index is 0.215. The molecule has 2 aliphatic heterocycles. The lowest BCUT2D eigenvalue weighted by atomic mass is 10.2. The molecule has 5 heteroatoms. The van der Waals surface area contributed by atoms with E-state index in [4.69, 9.17) is 0 Å². The number of rotatable bonds is 4. The molecule has 0 spiro atoms. The van der Waals surface area contributed by atoms with Gasteiger partial charge in [-0.05, 0) is 18.6 Å². The highest BCUT2D eigenvalue weighted by atomic mass is 32.2. The highest BCUT2D eigenvalue weighted by Crippen LogP contribution is 2.24. The lowest BCUT2D eigenvalue weighted by Gasteiger charge is -2.27. The molecule has 1 amide bonds. The summed E-state index contributed by atoms with van der Waals surface area (Å²) in [5, 5.41) is 6.63. The molecule has 1 unspecified atom stereocenters. The predicted molar refractivity (Wildman–Crippen MR) is 72.4 cm³/mol. The van der Waals surface area contributed by atoms with Gasteiger partial charge in [0, 0.05) is 39.3 Å². The second kappa shape index (κ2) is 7.24. The van der Waals surface area contributed by atoms with Crippen LogP contribution in [0, 0.1) is 0 Å². The maximum atomic E-state index is 11.9. The Labute approximate surface area is 108 Å². The Morgan fingerprint density at radius 2 is 2.18 bits per heavy atom. The summed E-state index contributed by atoms with van der Waals surface area (Å²) in [6, 6.07) is 0. The van der Waals surface area contributed by atoms with Gasteiger partial charge in [0.05, 0.1) is 5.25 Å². The van der Waals surface area contributed by atoms with Crippen molar-refractivity contribution in [3.63, 3.8) is 0 Å². The number of thioether (sulfide) groups is 1. The van der Waals surface area contributed by atoms with Gasteiger partial charge in [-0.15, -0.1) is 11.8 Å². The number of carbonyl (C=O) groups excluding carboxylic acids is 1. The lowest BCUT2D eigenvalue weighted by Crippen LogP contribution is -2.47. The first-order valence-electron chi connectivity index (χ1n) is 6.68. The summed E-state index contributed by atoms with van der Waals surface area (Å²) in [7, 11) is 0. The third kappa shape index (κ3) is 4.48. The van der Waals surface area contributed by atoms with E-state index in [1.165, 1.54) is 12.8 Å². The first kappa shape index (κ1) is 13.2. The SMILES string of the molecule is O=C(NCCN1CCNCC1)C1CCCCS1. The Bertz CT molecular complexity index is 238. The third-order valence-electron chi connectivity index (χ3n) is 3.41. The summed E-state index contributed by atoms with van der Waals surface area (Å²) in [5.74, 6) is 1.40. The second-order valence-electron chi connectivity index (χ2n) is 4.74. The molecule has 0 aromatic rings. The molecule has 1 atom stereocenters. The number of carbonyl (C=O) groups is 1. The minimum Gasteiger partial charge on any atom is -0.354 e. The van der Waals surface area contributed by atoms with Crippen LogP contribution in [0.25, 0.3) is 0 Å². The Hall–Kier alpha value is -0.260. The molecule has 2 N–H and O–H groups in total. The van der Waals surface area contributed by atoms with Crippen molar-refractivity contribution < 1.29 is 4.79 Å². The van der Waals surface area contributed by atoms with Crippen molar-refractivity contribution >= 4 is 17.7 Å². The average molecular weight is 257 g/mol. The molecule has 17 heavy (non-hydrogen) atoms. The van der Waals surface area contributed by atoms with E-state index in [1.807, 2.05) is 11.8 Å². The van der Waals surface area contributed by atoms with E-state index in [0.29, 0.717) is 0 Å². The number of hydrogen-bond donors (Lipinski definition) is 2. The van der Waals surface area contributed by atoms with E-state index >= 15 is 0 Å². The molecule has 2 aliphatic rings. The van der Waals surface area contributed by atoms with Crippen LogP contribution in [-0.4, -0.2) is 61.1 Å². The van der Waals surface area contributed by atoms with Crippen molar-refractivity contribution in [1.82, 2.24) is 15.5 Å². The maximum Gasteiger partial charge on any atom is 0.233 e. The fourth-order valence-corrected chi connectivity index (χ4v) is 3.56. The molecular formula is C12H23N3OS. The molecule has 0 radical (unpaired) electrons. The Kier molecular flexibility index (Phi) is 5.61. The molecule has 2 fully saturated rings. The molecule has 2 saturated heterocycles. The predicted octanol–water partition coefficient (Wildman–Crippen LogP) is 0.294. The van der Waals surface area contributed by atoms with Crippen molar-refractivity contribution in [3.8, 4) is 0 Å². The van der Waals surface area contributed by atoms with Crippen LogP contribution >= 0.6 is 11.8 Å². The molecule has 4 nitrogen and oxygen atoms in total. The molecule has 2 heterocycles. The van der Waals surface area contributed by atoms with Gasteiger partial charge in [0.25, 0.3) is 0 Å². The summed E-state index contributed by atoms with van der Waals surface area (Å²) in [6.07, 6.45) is 3.54. The Morgan fingerprint density at radius 3 is 2.88 bits per heavy atom. The van der Waals surface area contributed by atoms with Crippen LogP contribution in [0.2, 0.25) is 0 Å². The van der Waals surface area contributed by atoms with Crippen molar-refractivity contribution in [3.05, 3.63) is 0 Å². The number of piperazine rings is 1. The van der Waals surface area contributed by atoms with Crippen LogP contribution < -0.4 is 10.6 Å². The minimum atomic E-state index is 0.215. The zero-order valence-corrected chi connectivity index (χ0v) is 11.2. The second-order valence-corrected chi connectivity index (χ2v) is 6.05. The molecule has 0 aromatic heterocycles. The van der Waals surface area contributed by atoms with Gasteiger partial charge in [-0.25, -0.2) is 0 Å². The Morgan fingerprint density at radius 1 is 1.35 bits per heavy atom. The first-order valence-corrected chi connectivity index (χ1v) is 7.73. The van der Waals surface area contributed by atoms with Crippen LogP contribution in [0.5, 0.6) is 0 Å². The lowest BCUT2D eigenvalue weighted by molar-refractivity contribution is -0.120. The zero-order chi connectivity index (χ0) is 11.9. The monoisotopic (exact) mass is 257 g/mol. The van der Waals surface area contributed by atoms with E-state index in [1.54, 1.807) is 0 Å². The van der Waals surface area contributed by atoms with E-state index < -0.39 is 0 Å². The number of nitrogens with zero attached hydrogens (tertiary/aromatic N) is 1. The van der Waals surface area contributed by atoms with Crippen LogP contribution in [0.15, 0.2) is 0 Å². The van der Waals surface area contributed by atoms with Crippen molar-refractivity contribution in [2.45, 2.75) is 24.5 Å². The Balaban J connectivity index is 1.58. The maximum absolute atomic E-state index is 11.9. The molecule has 0 saturated carbocycles. The van der Waals surface area contributed by atoms with E-state index in [-0.39, 0.29) is 11.2 Å². The summed E-state index contributed by atoms with van der Waals surface area (Å²) in [5.41, 5.74) is 0. The van der Waals surface area contributed by atoms with Gasteiger partial charge in [-0.1, -0.05) is 6.42 Å². The number of nitrogens with one attached hydrogen (secondary N) is 2. The van der Waals surface area contributed by atoms with E-state index in [9.17, 15) is 4.79 Å².